The third kappa shape index (κ3) is 2.03. The lowest BCUT2D eigenvalue weighted by Crippen LogP contribution is -1.86. The highest BCUT2D eigenvalue weighted by Gasteiger charge is 2.14. The molecule has 20 heavy (non-hydrogen) atoms. The lowest BCUT2D eigenvalue weighted by atomic mass is 10.1. The molecule has 0 unspecified atom stereocenters. The van der Waals surface area contributed by atoms with E-state index in [-0.39, 0.29) is 5.69 Å². The molecule has 1 heterocycles. The molecule has 3 aromatic rings. The topological polar surface area (TPSA) is 69.2 Å². The van der Waals surface area contributed by atoms with Crippen LogP contribution in [0.4, 0.5) is 5.69 Å². The van der Waals surface area contributed by atoms with Crippen LogP contribution in [-0.4, -0.2) is 9.91 Å². The molecule has 0 radical (unpaired) electrons. The van der Waals surface area contributed by atoms with Gasteiger partial charge in [-0.15, -0.1) is 0 Å². The van der Waals surface area contributed by atoms with Crippen molar-refractivity contribution in [1.29, 1.82) is 0 Å². The number of non-ortho nitro benzene ring substituents is 1. The number of nitro benzene ring substituents is 1. The fraction of sp³-hybridized carbons (Fsp3) is 0.133. The summed E-state index contributed by atoms with van der Waals surface area (Å²) >= 11 is 0. The number of oxazole rings is 1. The second-order valence-corrected chi connectivity index (χ2v) is 4.75. The fourth-order valence-corrected chi connectivity index (χ4v) is 2.20. The molecule has 0 N–H and O–H groups in total. The Balaban J connectivity index is 2.15. The molecule has 0 spiro atoms. The Bertz CT molecular complexity index is 821. The van der Waals surface area contributed by atoms with Crippen LogP contribution in [0.2, 0.25) is 0 Å². The summed E-state index contributed by atoms with van der Waals surface area (Å²) in [5.41, 5.74) is 4.17. The normalized spacial score (nSPS) is 10.9. The molecule has 0 aliphatic carbocycles. The van der Waals surface area contributed by atoms with Crippen molar-refractivity contribution >= 4 is 16.8 Å². The number of fused-ring (bicyclic) bond motifs is 1. The van der Waals surface area contributed by atoms with E-state index in [4.69, 9.17) is 4.42 Å². The lowest BCUT2D eigenvalue weighted by molar-refractivity contribution is -0.384. The number of nitro groups is 1. The van der Waals surface area contributed by atoms with Gasteiger partial charge in [0, 0.05) is 11.6 Å². The van der Waals surface area contributed by atoms with Crippen LogP contribution in [0.1, 0.15) is 11.1 Å². The third-order valence-corrected chi connectivity index (χ3v) is 3.20. The Morgan fingerprint density at radius 2 is 1.95 bits per heavy atom. The molecule has 100 valence electrons. The van der Waals surface area contributed by atoms with Crippen LogP contribution in [0.3, 0.4) is 0 Å². The molecule has 0 saturated carbocycles. The molecule has 0 fully saturated rings. The maximum Gasteiger partial charge on any atom is 0.273 e. The Morgan fingerprint density at radius 1 is 1.15 bits per heavy atom. The minimum absolute atomic E-state index is 0.000767. The van der Waals surface area contributed by atoms with Crippen LogP contribution in [-0.2, 0) is 0 Å². The van der Waals surface area contributed by atoms with Crippen LogP contribution in [0.15, 0.2) is 40.8 Å². The van der Waals surface area contributed by atoms with Crippen molar-refractivity contribution in [1.82, 2.24) is 4.98 Å². The monoisotopic (exact) mass is 268 g/mol. The molecule has 5 nitrogen and oxygen atoms in total. The molecule has 0 aliphatic heterocycles. The highest BCUT2D eigenvalue weighted by molar-refractivity contribution is 5.79. The summed E-state index contributed by atoms with van der Waals surface area (Å²) in [7, 11) is 0. The van der Waals surface area contributed by atoms with Gasteiger partial charge in [-0.2, -0.15) is 0 Å². The zero-order valence-corrected chi connectivity index (χ0v) is 11.1. The van der Waals surface area contributed by atoms with E-state index in [1.54, 1.807) is 6.07 Å². The quantitative estimate of drug-likeness (QED) is 0.520. The molecule has 0 atom stereocenters. The maximum atomic E-state index is 10.8. The number of hydrogen-bond acceptors (Lipinski definition) is 4. The van der Waals surface area contributed by atoms with Crippen molar-refractivity contribution in [2.24, 2.45) is 0 Å². The predicted molar refractivity (Wildman–Crippen MR) is 75.6 cm³/mol. The Labute approximate surface area is 115 Å². The van der Waals surface area contributed by atoms with Crippen LogP contribution in [0.5, 0.6) is 0 Å². The van der Waals surface area contributed by atoms with Crippen molar-refractivity contribution in [2.45, 2.75) is 13.8 Å². The largest absolute Gasteiger partial charge is 0.436 e. The number of aryl methyl sites for hydroxylation is 2. The SMILES string of the molecule is Cc1ccc(-c2nc3ccc([N+](=O)[O-])cc3o2)c(C)c1. The lowest BCUT2D eigenvalue weighted by Gasteiger charge is -2.01. The van der Waals surface area contributed by atoms with E-state index in [2.05, 4.69) is 4.98 Å². The smallest absolute Gasteiger partial charge is 0.273 e. The zero-order valence-electron chi connectivity index (χ0n) is 11.1. The number of rotatable bonds is 2. The van der Waals surface area contributed by atoms with Crippen molar-refractivity contribution in [3.63, 3.8) is 0 Å². The van der Waals surface area contributed by atoms with Gasteiger partial charge in [-0.05, 0) is 31.5 Å². The second kappa shape index (κ2) is 4.45. The van der Waals surface area contributed by atoms with Gasteiger partial charge in [-0.3, -0.25) is 10.1 Å². The van der Waals surface area contributed by atoms with Gasteiger partial charge < -0.3 is 4.42 Å². The minimum Gasteiger partial charge on any atom is -0.436 e. The van der Waals surface area contributed by atoms with E-state index in [9.17, 15) is 10.1 Å². The minimum atomic E-state index is -0.446. The summed E-state index contributed by atoms with van der Waals surface area (Å²) < 4.78 is 5.65. The van der Waals surface area contributed by atoms with Gasteiger partial charge in [0.15, 0.2) is 5.58 Å². The van der Waals surface area contributed by atoms with Gasteiger partial charge in [-0.1, -0.05) is 17.7 Å². The average Bonchev–Trinajstić information content (AvgIpc) is 2.80. The first-order chi connectivity index (χ1) is 9.54. The predicted octanol–water partition coefficient (Wildman–Crippen LogP) is 4.02. The summed E-state index contributed by atoms with van der Waals surface area (Å²) in [6, 6.07) is 10.4. The van der Waals surface area contributed by atoms with E-state index in [0.717, 1.165) is 16.7 Å². The van der Waals surface area contributed by atoms with Crippen LogP contribution in [0.25, 0.3) is 22.6 Å². The molecular weight excluding hydrogens is 256 g/mol. The van der Waals surface area contributed by atoms with E-state index >= 15 is 0 Å². The Hall–Kier alpha value is -2.69. The zero-order chi connectivity index (χ0) is 14.3. The molecule has 2 aromatic carbocycles. The first-order valence-corrected chi connectivity index (χ1v) is 6.17. The number of hydrogen-bond donors (Lipinski definition) is 0. The number of aromatic nitrogens is 1. The average molecular weight is 268 g/mol. The molecule has 0 saturated heterocycles. The maximum absolute atomic E-state index is 10.8. The first-order valence-electron chi connectivity index (χ1n) is 6.17. The van der Waals surface area contributed by atoms with Gasteiger partial charge in [0.2, 0.25) is 5.89 Å². The molecule has 3 rings (SSSR count). The van der Waals surface area contributed by atoms with Gasteiger partial charge in [0.05, 0.1) is 11.0 Å². The molecule has 0 amide bonds. The molecule has 0 aliphatic rings. The standard InChI is InChI=1S/C15H12N2O3/c1-9-3-5-12(10(2)7-9)15-16-13-6-4-11(17(18)19)8-14(13)20-15/h3-8H,1-2H3. The Kier molecular flexibility index (Phi) is 2.75. The van der Waals surface area contributed by atoms with E-state index in [1.807, 2.05) is 32.0 Å². The van der Waals surface area contributed by atoms with Crippen LogP contribution in [0, 0.1) is 24.0 Å². The molecule has 5 heteroatoms. The van der Waals surface area contributed by atoms with E-state index < -0.39 is 4.92 Å². The fourth-order valence-electron chi connectivity index (χ4n) is 2.20. The van der Waals surface area contributed by atoms with E-state index in [0.29, 0.717) is 17.0 Å². The van der Waals surface area contributed by atoms with Crippen molar-refractivity contribution in [3.05, 3.63) is 57.6 Å². The molecule has 1 aromatic heterocycles. The summed E-state index contributed by atoms with van der Waals surface area (Å²) in [5, 5.41) is 10.8. The highest BCUT2D eigenvalue weighted by atomic mass is 16.6. The van der Waals surface area contributed by atoms with Crippen molar-refractivity contribution in [2.75, 3.05) is 0 Å². The van der Waals surface area contributed by atoms with Gasteiger partial charge in [-0.25, -0.2) is 4.98 Å². The first kappa shape index (κ1) is 12.3. The summed E-state index contributed by atoms with van der Waals surface area (Å²) in [6.45, 7) is 4.01. The van der Waals surface area contributed by atoms with Gasteiger partial charge in [0.1, 0.15) is 5.52 Å². The molecular formula is C15H12N2O3. The number of nitrogens with zero attached hydrogens (tertiary/aromatic N) is 2. The van der Waals surface area contributed by atoms with Crippen LogP contribution >= 0.6 is 0 Å². The number of benzene rings is 2. The van der Waals surface area contributed by atoms with Gasteiger partial charge >= 0.3 is 0 Å². The van der Waals surface area contributed by atoms with Crippen molar-refractivity contribution in [3.8, 4) is 11.5 Å². The van der Waals surface area contributed by atoms with Crippen molar-refractivity contribution < 1.29 is 9.34 Å². The molecule has 0 bridgehead atoms. The Morgan fingerprint density at radius 3 is 2.65 bits per heavy atom. The summed E-state index contributed by atoms with van der Waals surface area (Å²) in [5.74, 6) is 0.484. The summed E-state index contributed by atoms with van der Waals surface area (Å²) in [4.78, 5) is 14.7. The van der Waals surface area contributed by atoms with Gasteiger partial charge in [0.25, 0.3) is 5.69 Å². The van der Waals surface area contributed by atoms with Crippen LogP contribution < -0.4 is 0 Å². The second-order valence-electron chi connectivity index (χ2n) is 4.75. The highest BCUT2D eigenvalue weighted by Crippen LogP contribution is 2.29. The summed E-state index contributed by atoms with van der Waals surface area (Å²) in [6.07, 6.45) is 0. The van der Waals surface area contributed by atoms with E-state index in [1.165, 1.54) is 12.1 Å². The third-order valence-electron chi connectivity index (χ3n) is 3.20.